The molecule has 0 atom stereocenters. The number of fused-ring (bicyclic) bond motifs is 1. The first kappa shape index (κ1) is 14.0. The largest absolute Gasteiger partial charge is 0.349 e. The summed E-state index contributed by atoms with van der Waals surface area (Å²) < 4.78 is 2.00. The maximum atomic E-state index is 5.98. The molecular formula is C17H14ClN5. The van der Waals surface area contributed by atoms with Gasteiger partial charge in [-0.25, -0.2) is 4.98 Å². The Morgan fingerprint density at radius 1 is 1.09 bits per heavy atom. The van der Waals surface area contributed by atoms with E-state index < -0.39 is 0 Å². The van der Waals surface area contributed by atoms with Crippen LogP contribution in [0.2, 0.25) is 5.02 Å². The number of aromatic amines is 1. The summed E-state index contributed by atoms with van der Waals surface area (Å²) in [4.78, 5) is 11.6. The molecule has 0 unspecified atom stereocenters. The quantitative estimate of drug-likeness (QED) is 0.622. The fourth-order valence-corrected chi connectivity index (χ4v) is 2.79. The van der Waals surface area contributed by atoms with Gasteiger partial charge < -0.3 is 4.98 Å². The lowest BCUT2D eigenvalue weighted by molar-refractivity contribution is 0.624. The molecule has 23 heavy (non-hydrogen) atoms. The number of hydrogen-bond donors (Lipinski definition) is 1. The molecule has 4 aromatic rings. The van der Waals surface area contributed by atoms with E-state index in [-0.39, 0.29) is 0 Å². The lowest BCUT2D eigenvalue weighted by Gasteiger charge is -2.01. The van der Waals surface area contributed by atoms with E-state index in [2.05, 4.69) is 15.0 Å². The number of aromatic nitrogens is 5. The van der Waals surface area contributed by atoms with Crippen LogP contribution in [-0.2, 0) is 13.0 Å². The van der Waals surface area contributed by atoms with E-state index in [1.165, 1.54) is 0 Å². The molecule has 4 rings (SSSR count). The van der Waals surface area contributed by atoms with Gasteiger partial charge in [-0.3, -0.25) is 9.67 Å². The average molecular weight is 324 g/mol. The van der Waals surface area contributed by atoms with Gasteiger partial charge in [0, 0.05) is 53.7 Å². The number of H-pyrrole nitrogens is 1. The minimum Gasteiger partial charge on any atom is -0.349 e. The number of hydrogen-bond acceptors (Lipinski definition) is 3. The van der Waals surface area contributed by atoms with E-state index in [0.717, 1.165) is 41.0 Å². The summed E-state index contributed by atoms with van der Waals surface area (Å²) in [6.07, 6.45) is 8.04. The van der Waals surface area contributed by atoms with Crippen LogP contribution in [0.25, 0.3) is 22.2 Å². The van der Waals surface area contributed by atoms with Crippen LogP contribution in [0.15, 0.2) is 55.1 Å². The zero-order valence-electron chi connectivity index (χ0n) is 12.3. The van der Waals surface area contributed by atoms with Crippen LogP contribution in [0.1, 0.15) is 5.82 Å². The minimum atomic E-state index is 0.716. The summed E-state index contributed by atoms with van der Waals surface area (Å²) in [5.41, 5.74) is 3.02. The van der Waals surface area contributed by atoms with Crippen molar-refractivity contribution < 1.29 is 0 Å². The van der Waals surface area contributed by atoms with Gasteiger partial charge in [0.1, 0.15) is 11.5 Å². The van der Waals surface area contributed by atoms with E-state index in [0.29, 0.717) is 5.02 Å². The third-order valence-corrected chi connectivity index (χ3v) is 4.04. The molecule has 3 aromatic heterocycles. The highest BCUT2D eigenvalue weighted by Crippen LogP contribution is 2.28. The molecule has 1 N–H and O–H groups in total. The smallest absolute Gasteiger partial charge is 0.107 e. The normalized spacial score (nSPS) is 11.2. The Morgan fingerprint density at radius 2 is 1.96 bits per heavy atom. The molecule has 0 fully saturated rings. The third-order valence-electron chi connectivity index (χ3n) is 3.78. The topological polar surface area (TPSA) is 59.4 Å². The molecule has 0 spiro atoms. The van der Waals surface area contributed by atoms with E-state index in [9.17, 15) is 0 Å². The van der Waals surface area contributed by atoms with Crippen LogP contribution in [0.5, 0.6) is 0 Å². The van der Waals surface area contributed by atoms with Crippen molar-refractivity contribution in [2.75, 3.05) is 0 Å². The van der Waals surface area contributed by atoms with E-state index in [1.54, 1.807) is 12.4 Å². The Labute approximate surface area is 138 Å². The van der Waals surface area contributed by atoms with Crippen molar-refractivity contribution in [3.8, 4) is 11.3 Å². The number of rotatable bonds is 4. The average Bonchev–Trinajstić information content (AvgIpc) is 3.21. The molecule has 5 nitrogen and oxygen atoms in total. The van der Waals surface area contributed by atoms with Gasteiger partial charge in [-0.2, -0.15) is 5.10 Å². The molecule has 114 valence electrons. The van der Waals surface area contributed by atoms with E-state index in [1.807, 2.05) is 47.4 Å². The number of halogens is 1. The first-order chi connectivity index (χ1) is 11.3. The third kappa shape index (κ3) is 2.71. The zero-order valence-corrected chi connectivity index (χ0v) is 13.0. The predicted molar refractivity (Wildman–Crippen MR) is 90.3 cm³/mol. The van der Waals surface area contributed by atoms with Gasteiger partial charge >= 0.3 is 0 Å². The van der Waals surface area contributed by atoms with Gasteiger partial charge in [0.25, 0.3) is 0 Å². The number of aryl methyl sites for hydroxylation is 2. The molecule has 6 heteroatoms. The molecule has 0 amide bonds. The van der Waals surface area contributed by atoms with Crippen molar-refractivity contribution in [3.05, 3.63) is 66.0 Å². The predicted octanol–water partition coefficient (Wildman–Crippen LogP) is 3.72. The van der Waals surface area contributed by atoms with Crippen molar-refractivity contribution in [2.45, 2.75) is 13.0 Å². The zero-order chi connectivity index (χ0) is 15.6. The van der Waals surface area contributed by atoms with Gasteiger partial charge in [0.05, 0.1) is 5.52 Å². The SMILES string of the molecule is Clc1ccc(-c2nn(CCc3ncc[nH]3)c3ccncc23)cc1. The standard InChI is InChI=1S/C17H14ClN5/c18-13-3-1-12(2-4-13)17-14-11-19-7-5-15(14)23(22-17)10-6-16-20-8-9-21-16/h1-5,7-9,11H,6,10H2,(H,20,21). The number of nitrogens with zero attached hydrogens (tertiary/aromatic N) is 4. The number of pyridine rings is 1. The van der Waals surface area contributed by atoms with Crippen LogP contribution in [0.3, 0.4) is 0 Å². The molecule has 0 aliphatic carbocycles. The molecule has 0 bridgehead atoms. The van der Waals surface area contributed by atoms with Crippen LogP contribution in [-0.4, -0.2) is 24.7 Å². The van der Waals surface area contributed by atoms with Crippen LogP contribution < -0.4 is 0 Å². The molecule has 0 saturated heterocycles. The van der Waals surface area contributed by atoms with Gasteiger partial charge in [0.15, 0.2) is 0 Å². The first-order valence-corrected chi connectivity index (χ1v) is 7.74. The molecule has 3 heterocycles. The van der Waals surface area contributed by atoms with Gasteiger partial charge in [-0.15, -0.1) is 0 Å². The summed E-state index contributed by atoms with van der Waals surface area (Å²) in [5.74, 6) is 0.954. The second-order valence-electron chi connectivity index (χ2n) is 5.26. The number of benzene rings is 1. The number of imidazole rings is 1. The second-order valence-corrected chi connectivity index (χ2v) is 5.69. The van der Waals surface area contributed by atoms with Crippen molar-refractivity contribution in [1.82, 2.24) is 24.7 Å². The Bertz CT molecular complexity index is 925. The van der Waals surface area contributed by atoms with Crippen LogP contribution in [0, 0.1) is 0 Å². The molecular weight excluding hydrogens is 310 g/mol. The van der Waals surface area contributed by atoms with Crippen molar-refractivity contribution in [1.29, 1.82) is 0 Å². The maximum absolute atomic E-state index is 5.98. The lowest BCUT2D eigenvalue weighted by atomic mass is 10.1. The summed E-state index contributed by atoms with van der Waals surface area (Å²) in [6, 6.07) is 9.70. The summed E-state index contributed by atoms with van der Waals surface area (Å²) in [7, 11) is 0. The summed E-state index contributed by atoms with van der Waals surface area (Å²) in [6.45, 7) is 0.752. The van der Waals surface area contributed by atoms with E-state index >= 15 is 0 Å². The highest BCUT2D eigenvalue weighted by atomic mass is 35.5. The second kappa shape index (κ2) is 5.85. The molecule has 0 saturated carbocycles. The summed E-state index contributed by atoms with van der Waals surface area (Å²) >= 11 is 5.98. The molecule has 1 aromatic carbocycles. The molecule has 0 aliphatic heterocycles. The fourth-order valence-electron chi connectivity index (χ4n) is 2.66. The lowest BCUT2D eigenvalue weighted by Crippen LogP contribution is -2.04. The van der Waals surface area contributed by atoms with Gasteiger partial charge in [0.2, 0.25) is 0 Å². The van der Waals surface area contributed by atoms with Crippen molar-refractivity contribution in [3.63, 3.8) is 0 Å². The van der Waals surface area contributed by atoms with Crippen molar-refractivity contribution >= 4 is 22.5 Å². The number of nitrogens with one attached hydrogen (secondary N) is 1. The molecule has 0 aliphatic rings. The van der Waals surface area contributed by atoms with Crippen LogP contribution >= 0.6 is 11.6 Å². The first-order valence-electron chi connectivity index (χ1n) is 7.36. The highest BCUT2D eigenvalue weighted by Gasteiger charge is 2.12. The Hall–Kier alpha value is -2.66. The Morgan fingerprint density at radius 3 is 2.74 bits per heavy atom. The van der Waals surface area contributed by atoms with Gasteiger partial charge in [-0.05, 0) is 18.2 Å². The Balaban J connectivity index is 1.75. The Kier molecular flexibility index (Phi) is 3.55. The highest BCUT2D eigenvalue weighted by molar-refractivity contribution is 6.30. The minimum absolute atomic E-state index is 0.716. The van der Waals surface area contributed by atoms with Gasteiger partial charge in [-0.1, -0.05) is 23.7 Å². The van der Waals surface area contributed by atoms with Crippen molar-refractivity contribution in [2.24, 2.45) is 0 Å². The van der Waals surface area contributed by atoms with E-state index in [4.69, 9.17) is 16.7 Å². The molecule has 0 radical (unpaired) electrons. The maximum Gasteiger partial charge on any atom is 0.107 e. The van der Waals surface area contributed by atoms with Crippen LogP contribution in [0.4, 0.5) is 0 Å². The summed E-state index contributed by atoms with van der Waals surface area (Å²) in [5, 5.41) is 6.53. The monoisotopic (exact) mass is 323 g/mol. The fraction of sp³-hybridized carbons (Fsp3) is 0.118.